The van der Waals surface area contributed by atoms with Gasteiger partial charge < -0.3 is 10.4 Å². The van der Waals surface area contributed by atoms with Gasteiger partial charge in [0.05, 0.1) is 5.60 Å². The fourth-order valence-corrected chi connectivity index (χ4v) is 3.91. The number of hydrogen-bond donors (Lipinski definition) is 2. The SMILES string of the molecule is CC1(C)CCC(O)(CNC2CCCSC2)CC1. The van der Waals surface area contributed by atoms with Gasteiger partial charge in [-0.2, -0.15) is 11.8 Å². The molecular weight excluding hydrogens is 230 g/mol. The van der Waals surface area contributed by atoms with E-state index >= 15 is 0 Å². The van der Waals surface area contributed by atoms with Crippen LogP contribution in [0, 0.1) is 5.41 Å². The molecule has 0 aromatic heterocycles. The van der Waals surface area contributed by atoms with Gasteiger partial charge >= 0.3 is 0 Å². The number of rotatable bonds is 3. The lowest BCUT2D eigenvalue weighted by Crippen LogP contribution is -2.48. The highest BCUT2D eigenvalue weighted by molar-refractivity contribution is 7.99. The van der Waals surface area contributed by atoms with Gasteiger partial charge in [-0.3, -0.25) is 0 Å². The minimum absolute atomic E-state index is 0.433. The van der Waals surface area contributed by atoms with Crippen LogP contribution in [-0.2, 0) is 0 Å². The molecule has 1 unspecified atom stereocenters. The van der Waals surface area contributed by atoms with Gasteiger partial charge in [0.1, 0.15) is 0 Å². The summed E-state index contributed by atoms with van der Waals surface area (Å²) in [7, 11) is 0. The molecule has 1 saturated carbocycles. The number of aliphatic hydroxyl groups is 1. The molecule has 0 aromatic carbocycles. The van der Waals surface area contributed by atoms with Crippen molar-refractivity contribution in [2.75, 3.05) is 18.1 Å². The van der Waals surface area contributed by atoms with Crippen LogP contribution in [0.2, 0.25) is 0 Å². The van der Waals surface area contributed by atoms with Gasteiger partial charge in [-0.25, -0.2) is 0 Å². The lowest BCUT2D eigenvalue weighted by Gasteiger charge is -2.41. The Morgan fingerprint density at radius 3 is 2.53 bits per heavy atom. The van der Waals surface area contributed by atoms with Gasteiger partial charge in [-0.1, -0.05) is 13.8 Å². The molecule has 1 aliphatic heterocycles. The Morgan fingerprint density at radius 1 is 1.24 bits per heavy atom. The van der Waals surface area contributed by atoms with Crippen molar-refractivity contribution in [3.63, 3.8) is 0 Å². The van der Waals surface area contributed by atoms with Gasteiger partial charge in [0.2, 0.25) is 0 Å². The van der Waals surface area contributed by atoms with Crippen LogP contribution >= 0.6 is 11.8 Å². The zero-order valence-corrected chi connectivity index (χ0v) is 12.1. The third kappa shape index (κ3) is 4.15. The summed E-state index contributed by atoms with van der Waals surface area (Å²) in [5, 5.41) is 14.2. The number of thioether (sulfide) groups is 1. The molecule has 1 heterocycles. The molecule has 3 heteroatoms. The maximum atomic E-state index is 10.6. The minimum atomic E-state index is -0.433. The highest BCUT2D eigenvalue weighted by Gasteiger charge is 2.36. The molecule has 0 bridgehead atoms. The van der Waals surface area contributed by atoms with E-state index in [1.807, 2.05) is 11.8 Å². The quantitative estimate of drug-likeness (QED) is 0.815. The normalized spacial score (nSPS) is 32.3. The summed E-state index contributed by atoms with van der Waals surface area (Å²) in [6, 6.07) is 0.632. The van der Waals surface area contributed by atoms with Gasteiger partial charge in [-0.15, -0.1) is 0 Å². The summed E-state index contributed by atoms with van der Waals surface area (Å²) >= 11 is 2.04. The monoisotopic (exact) mass is 257 g/mol. The molecule has 0 aromatic rings. The van der Waals surface area contributed by atoms with Gasteiger partial charge in [-0.05, 0) is 49.7 Å². The van der Waals surface area contributed by atoms with Crippen LogP contribution in [0.25, 0.3) is 0 Å². The second-order valence-corrected chi connectivity index (χ2v) is 7.83. The Labute approximate surface area is 110 Å². The van der Waals surface area contributed by atoms with Crippen molar-refractivity contribution in [2.45, 2.75) is 64.0 Å². The summed E-state index contributed by atoms with van der Waals surface area (Å²) in [4.78, 5) is 0. The van der Waals surface area contributed by atoms with E-state index in [1.165, 1.54) is 24.3 Å². The van der Waals surface area contributed by atoms with Crippen molar-refractivity contribution in [3.05, 3.63) is 0 Å². The molecule has 1 atom stereocenters. The van der Waals surface area contributed by atoms with Gasteiger partial charge in [0.15, 0.2) is 0 Å². The molecule has 100 valence electrons. The first-order valence-corrected chi connectivity index (χ1v) is 8.18. The Morgan fingerprint density at radius 2 is 1.94 bits per heavy atom. The van der Waals surface area contributed by atoms with E-state index in [9.17, 15) is 5.11 Å². The molecule has 2 nitrogen and oxygen atoms in total. The highest BCUT2D eigenvalue weighted by Crippen LogP contribution is 2.39. The average Bonchev–Trinajstić information content (AvgIpc) is 2.33. The van der Waals surface area contributed by atoms with Crippen molar-refractivity contribution in [3.8, 4) is 0 Å². The fraction of sp³-hybridized carbons (Fsp3) is 1.00. The molecular formula is C14H27NOS. The van der Waals surface area contributed by atoms with Crippen LogP contribution in [0.15, 0.2) is 0 Å². The van der Waals surface area contributed by atoms with Crippen LogP contribution in [0.1, 0.15) is 52.4 Å². The summed E-state index contributed by atoms with van der Waals surface area (Å²) in [5.41, 5.74) is 0.00452. The van der Waals surface area contributed by atoms with Crippen molar-refractivity contribution in [1.29, 1.82) is 0 Å². The second kappa shape index (κ2) is 5.50. The van der Waals surface area contributed by atoms with Crippen molar-refractivity contribution < 1.29 is 5.11 Å². The largest absolute Gasteiger partial charge is 0.389 e. The topological polar surface area (TPSA) is 32.3 Å². The standard InChI is InChI=1S/C14H27NOS/c1-13(2)5-7-14(16,8-6-13)11-15-12-4-3-9-17-10-12/h12,15-16H,3-11H2,1-2H3. The molecule has 0 spiro atoms. The molecule has 0 radical (unpaired) electrons. The lowest BCUT2D eigenvalue weighted by molar-refractivity contribution is -0.0258. The highest BCUT2D eigenvalue weighted by atomic mass is 32.2. The van der Waals surface area contributed by atoms with E-state index in [1.54, 1.807) is 0 Å². The summed E-state index contributed by atoms with van der Waals surface area (Å²) < 4.78 is 0. The summed E-state index contributed by atoms with van der Waals surface area (Å²) in [6.07, 6.45) is 6.86. The first kappa shape index (κ1) is 13.7. The van der Waals surface area contributed by atoms with Crippen molar-refractivity contribution in [1.82, 2.24) is 5.32 Å². The van der Waals surface area contributed by atoms with E-state index in [-0.39, 0.29) is 0 Å². The lowest BCUT2D eigenvalue weighted by atomic mass is 9.71. The summed E-state index contributed by atoms with van der Waals surface area (Å²) in [6.45, 7) is 5.43. The first-order chi connectivity index (χ1) is 7.99. The predicted molar refractivity (Wildman–Crippen MR) is 75.5 cm³/mol. The van der Waals surface area contributed by atoms with Gasteiger partial charge in [0.25, 0.3) is 0 Å². The third-order valence-corrected chi connectivity index (χ3v) is 5.63. The Balaban J connectivity index is 1.74. The van der Waals surface area contributed by atoms with Crippen LogP contribution in [0.3, 0.4) is 0 Å². The van der Waals surface area contributed by atoms with E-state index < -0.39 is 5.60 Å². The second-order valence-electron chi connectivity index (χ2n) is 6.68. The smallest absolute Gasteiger partial charge is 0.0772 e. The van der Waals surface area contributed by atoms with Gasteiger partial charge in [0, 0.05) is 18.3 Å². The summed E-state index contributed by atoms with van der Waals surface area (Å²) in [5.74, 6) is 2.54. The number of nitrogens with one attached hydrogen (secondary N) is 1. The first-order valence-electron chi connectivity index (χ1n) is 7.03. The zero-order valence-electron chi connectivity index (χ0n) is 11.3. The molecule has 2 fully saturated rings. The molecule has 0 amide bonds. The van der Waals surface area contributed by atoms with Crippen LogP contribution in [-0.4, -0.2) is 34.8 Å². The molecule has 2 rings (SSSR count). The molecule has 2 N–H and O–H groups in total. The van der Waals surface area contributed by atoms with E-state index in [2.05, 4.69) is 19.2 Å². The van der Waals surface area contributed by atoms with E-state index in [4.69, 9.17) is 0 Å². The Bertz CT molecular complexity index is 239. The average molecular weight is 257 g/mol. The zero-order chi connectivity index (χ0) is 12.4. The van der Waals surface area contributed by atoms with Crippen LogP contribution in [0.5, 0.6) is 0 Å². The molecule has 1 saturated heterocycles. The van der Waals surface area contributed by atoms with Crippen LogP contribution in [0.4, 0.5) is 0 Å². The molecule has 2 aliphatic rings. The van der Waals surface area contributed by atoms with Crippen LogP contribution < -0.4 is 5.32 Å². The third-order valence-electron chi connectivity index (χ3n) is 4.41. The fourth-order valence-electron chi connectivity index (χ4n) is 2.80. The maximum absolute atomic E-state index is 10.6. The Hall–Kier alpha value is 0.270. The Kier molecular flexibility index (Phi) is 4.43. The van der Waals surface area contributed by atoms with Crippen molar-refractivity contribution >= 4 is 11.8 Å². The molecule has 17 heavy (non-hydrogen) atoms. The maximum Gasteiger partial charge on any atom is 0.0772 e. The van der Waals surface area contributed by atoms with E-state index in [0.29, 0.717) is 11.5 Å². The number of hydrogen-bond acceptors (Lipinski definition) is 3. The molecule has 1 aliphatic carbocycles. The van der Waals surface area contributed by atoms with Crippen molar-refractivity contribution in [2.24, 2.45) is 5.41 Å². The van der Waals surface area contributed by atoms with E-state index in [0.717, 1.165) is 32.2 Å². The predicted octanol–water partition coefficient (Wildman–Crippen LogP) is 2.80. The minimum Gasteiger partial charge on any atom is -0.389 e.